The fourth-order valence-corrected chi connectivity index (χ4v) is 2.68. The Kier molecular flexibility index (Phi) is 11.9. The molecule has 1 aromatic heterocycles. The first-order valence-electron chi connectivity index (χ1n) is 9.12. The van der Waals surface area contributed by atoms with Crippen LogP contribution in [0, 0.1) is 0 Å². The van der Waals surface area contributed by atoms with Crippen LogP contribution in [0.4, 0.5) is 0 Å². The van der Waals surface area contributed by atoms with Crippen molar-refractivity contribution >= 4 is 29.9 Å². The molecule has 0 aliphatic carbocycles. The normalized spacial score (nSPS) is 18.6. The summed E-state index contributed by atoms with van der Waals surface area (Å²) in [5, 5.41) is 6.65. The van der Waals surface area contributed by atoms with Gasteiger partial charge >= 0.3 is 0 Å². The lowest BCUT2D eigenvalue weighted by Gasteiger charge is -2.21. The van der Waals surface area contributed by atoms with Gasteiger partial charge in [0, 0.05) is 26.3 Å². The fourth-order valence-electron chi connectivity index (χ4n) is 2.68. The van der Waals surface area contributed by atoms with Crippen molar-refractivity contribution in [2.75, 3.05) is 53.6 Å². The molecule has 0 bridgehead atoms. The molecule has 1 aromatic rings. The summed E-state index contributed by atoms with van der Waals surface area (Å²) < 4.78 is 16.6. The monoisotopic (exact) mass is 480 g/mol. The fraction of sp³-hybridized carbons (Fsp3) is 0.722. The zero-order valence-corrected chi connectivity index (χ0v) is 18.4. The lowest BCUT2D eigenvalue weighted by atomic mass is 10.2. The van der Waals surface area contributed by atoms with Gasteiger partial charge in [0.2, 0.25) is 0 Å². The molecule has 2 N–H and O–H groups in total. The van der Waals surface area contributed by atoms with E-state index < -0.39 is 0 Å². The first-order chi connectivity index (χ1) is 12.2. The number of guanidine groups is 1. The molecule has 1 aliphatic rings. The Labute approximate surface area is 173 Å². The van der Waals surface area contributed by atoms with E-state index in [1.807, 2.05) is 26.2 Å². The molecule has 150 valence electrons. The molecule has 1 saturated heterocycles. The summed E-state index contributed by atoms with van der Waals surface area (Å²) in [5.41, 5.74) is 0. The van der Waals surface area contributed by atoms with E-state index in [9.17, 15) is 0 Å². The van der Waals surface area contributed by atoms with Crippen LogP contribution >= 0.6 is 24.0 Å². The highest BCUT2D eigenvalue weighted by Crippen LogP contribution is 2.18. The van der Waals surface area contributed by atoms with Crippen molar-refractivity contribution < 1.29 is 13.9 Å². The number of hydrogen-bond acceptors (Lipinski definition) is 5. The highest BCUT2D eigenvalue weighted by atomic mass is 127. The molecule has 1 aliphatic heterocycles. The van der Waals surface area contributed by atoms with Gasteiger partial charge in [-0.15, -0.1) is 24.0 Å². The Bertz CT molecular complexity index is 491. The van der Waals surface area contributed by atoms with E-state index in [4.69, 9.17) is 18.9 Å². The highest BCUT2D eigenvalue weighted by Gasteiger charge is 2.17. The van der Waals surface area contributed by atoms with E-state index in [2.05, 4.69) is 22.5 Å². The van der Waals surface area contributed by atoms with E-state index in [1.165, 1.54) is 0 Å². The Morgan fingerprint density at radius 1 is 1.42 bits per heavy atom. The van der Waals surface area contributed by atoms with Crippen molar-refractivity contribution in [1.29, 1.82) is 0 Å². The molecular formula is C18H33IN4O3. The van der Waals surface area contributed by atoms with E-state index in [-0.39, 0.29) is 36.1 Å². The number of hydrogen-bond donors (Lipinski definition) is 2. The largest absolute Gasteiger partial charge is 0.468 e. The number of ether oxygens (including phenoxy) is 2. The van der Waals surface area contributed by atoms with Crippen LogP contribution in [0.2, 0.25) is 0 Å². The van der Waals surface area contributed by atoms with Gasteiger partial charge in [0.05, 0.1) is 31.6 Å². The highest BCUT2D eigenvalue weighted by molar-refractivity contribution is 14.0. The Morgan fingerprint density at radius 2 is 2.27 bits per heavy atom. The summed E-state index contributed by atoms with van der Waals surface area (Å²) >= 11 is 0. The number of nitrogens with one attached hydrogen (secondary N) is 2. The van der Waals surface area contributed by atoms with Crippen LogP contribution in [0.15, 0.2) is 27.8 Å². The third-order valence-electron chi connectivity index (χ3n) is 4.12. The van der Waals surface area contributed by atoms with Crippen LogP contribution in [0.25, 0.3) is 0 Å². The van der Waals surface area contributed by atoms with Gasteiger partial charge in [-0.1, -0.05) is 0 Å². The predicted molar refractivity (Wildman–Crippen MR) is 114 cm³/mol. The average molecular weight is 480 g/mol. The van der Waals surface area contributed by atoms with Crippen LogP contribution in [-0.4, -0.2) is 70.5 Å². The molecule has 2 atom stereocenters. The molecule has 8 heteroatoms. The summed E-state index contributed by atoms with van der Waals surface area (Å²) in [6.45, 7) is 6.65. The van der Waals surface area contributed by atoms with E-state index in [0.717, 1.165) is 57.5 Å². The quantitative estimate of drug-likeness (QED) is 0.232. The van der Waals surface area contributed by atoms with Crippen LogP contribution in [-0.2, 0) is 9.47 Å². The van der Waals surface area contributed by atoms with Crippen LogP contribution < -0.4 is 10.6 Å². The van der Waals surface area contributed by atoms with Crippen molar-refractivity contribution in [1.82, 2.24) is 15.5 Å². The Hall–Kier alpha value is -0.840. The third-order valence-corrected chi connectivity index (χ3v) is 4.12. The number of aliphatic imine (C=N–C) groups is 1. The summed E-state index contributed by atoms with van der Waals surface area (Å²) in [6, 6.07) is 4.02. The molecule has 2 heterocycles. The maximum atomic E-state index is 5.78. The van der Waals surface area contributed by atoms with Gasteiger partial charge in [-0.05, 0) is 46.0 Å². The minimum atomic E-state index is 0. The van der Waals surface area contributed by atoms with Crippen molar-refractivity contribution in [2.24, 2.45) is 4.99 Å². The first kappa shape index (κ1) is 23.2. The van der Waals surface area contributed by atoms with Gasteiger partial charge in [-0.3, -0.25) is 9.89 Å². The summed E-state index contributed by atoms with van der Waals surface area (Å²) in [6.07, 6.45) is 3.93. The number of nitrogens with zero attached hydrogens (tertiary/aromatic N) is 2. The zero-order valence-electron chi connectivity index (χ0n) is 16.1. The standard InChI is InChI=1S/C18H32N4O3.HI/c1-4-19-18(20-9-6-11-24-15-8-12-23-14-15)21-13-16(22(2)3)17-7-5-10-25-17;/h5,7,10,15-16H,4,6,8-9,11-14H2,1-3H3,(H2,19,20,21);1H. The molecule has 7 nitrogen and oxygen atoms in total. The molecule has 0 amide bonds. The molecular weight excluding hydrogens is 447 g/mol. The van der Waals surface area contributed by atoms with Gasteiger partial charge in [0.15, 0.2) is 5.96 Å². The van der Waals surface area contributed by atoms with Gasteiger partial charge in [0.25, 0.3) is 0 Å². The second-order valence-electron chi connectivity index (χ2n) is 6.35. The van der Waals surface area contributed by atoms with Crippen molar-refractivity contribution in [3.8, 4) is 0 Å². The maximum absolute atomic E-state index is 5.78. The van der Waals surface area contributed by atoms with Gasteiger partial charge in [-0.2, -0.15) is 0 Å². The number of likely N-dealkylation sites (N-methyl/N-ethyl adjacent to an activating group) is 1. The smallest absolute Gasteiger partial charge is 0.191 e. The van der Waals surface area contributed by atoms with E-state index >= 15 is 0 Å². The lowest BCUT2D eigenvalue weighted by molar-refractivity contribution is 0.0420. The topological polar surface area (TPSA) is 71.3 Å². The van der Waals surface area contributed by atoms with Crippen molar-refractivity contribution in [3.05, 3.63) is 24.2 Å². The van der Waals surface area contributed by atoms with Gasteiger partial charge < -0.3 is 24.5 Å². The second kappa shape index (κ2) is 13.3. The van der Waals surface area contributed by atoms with Gasteiger partial charge in [0.1, 0.15) is 5.76 Å². The second-order valence-corrected chi connectivity index (χ2v) is 6.35. The molecule has 2 unspecified atom stereocenters. The first-order valence-corrected chi connectivity index (χ1v) is 9.12. The van der Waals surface area contributed by atoms with Crippen molar-refractivity contribution in [3.63, 3.8) is 0 Å². The van der Waals surface area contributed by atoms with E-state index in [1.54, 1.807) is 6.26 Å². The Balaban J connectivity index is 0.00000338. The molecule has 0 aromatic carbocycles. The SMILES string of the molecule is CCNC(=NCC(c1ccco1)N(C)C)NCCCOC1CCOC1.I. The van der Waals surface area contributed by atoms with Crippen LogP contribution in [0.1, 0.15) is 31.6 Å². The van der Waals surface area contributed by atoms with Crippen LogP contribution in [0.3, 0.4) is 0 Å². The minimum Gasteiger partial charge on any atom is -0.468 e. The molecule has 0 saturated carbocycles. The lowest BCUT2D eigenvalue weighted by Crippen LogP contribution is -2.39. The number of furan rings is 1. The zero-order chi connectivity index (χ0) is 17.9. The molecule has 0 spiro atoms. The van der Waals surface area contributed by atoms with Gasteiger partial charge in [-0.25, -0.2) is 0 Å². The molecule has 1 fully saturated rings. The summed E-state index contributed by atoms with van der Waals surface area (Å²) in [5.74, 6) is 1.75. The predicted octanol–water partition coefficient (Wildman–Crippen LogP) is 2.25. The third kappa shape index (κ3) is 8.24. The van der Waals surface area contributed by atoms with Crippen molar-refractivity contribution in [2.45, 2.75) is 31.9 Å². The Morgan fingerprint density at radius 3 is 2.88 bits per heavy atom. The number of rotatable bonds is 10. The summed E-state index contributed by atoms with van der Waals surface area (Å²) in [4.78, 5) is 6.81. The summed E-state index contributed by atoms with van der Waals surface area (Å²) in [7, 11) is 4.07. The average Bonchev–Trinajstić information content (AvgIpc) is 3.28. The molecule has 0 radical (unpaired) electrons. The molecule has 26 heavy (non-hydrogen) atoms. The van der Waals surface area contributed by atoms with E-state index in [0.29, 0.717) is 6.54 Å². The maximum Gasteiger partial charge on any atom is 0.191 e. The number of halogens is 1. The van der Waals surface area contributed by atoms with Crippen LogP contribution in [0.5, 0.6) is 0 Å². The molecule has 2 rings (SSSR count). The minimum absolute atomic E-state index is 0.